The molecule has 6 nitrogen and oxygen atoms in total. The van der Waals surface area contributed by atoms with Gasteiger partial charge in [-0.25, -0.2) is 18.4 Å². The van der Waals surface area contributed by atoms with Gasteiger partial charge in [0, 0.05) is 23.7 Å². The molecular weight excluding hydrogens is 507 g/mol. The maximum Gasteiger partial charge on any atom is 0.191 e. The summed E-state index contributed by atoms with van der Waals surface area (Å²) in [5.41, 5.74) is 0. The first-order chi connectivity index (χ1) is 13.0. The molecule has 28 heavy (non-hydrogen) atoms. The fourth-order valence-corrected chi connectivity index (χ4v) is 4.90. The van der Waals surface area contributed by atoms with Gasteiger partial charge in [0.2, 0.25) is 0 Å². The van der Waals surface area contributed by atoms with Crippen molar-refractivity contribution in [1.82, 2.24) is 15.6 Å². The number of benzene rings is 1. The van der Waals surface area contributed by atoms with E-state index in [9.17, 15) is 8.42 Å². The molecule has 1 heterocycles. The van der Waals surface area contributed by atoms with Gasteiger partial charge < -0.3 is 10.6 Å². The maximum atomic E-state index is 12.6. The minimum absolute atomic E-state index is 0. The van der Waals surface area contributed by atoms with Crippen molar-refractivity contribution < 1.29 is 8.42 Å². The molecule has 2 aromatic rings. The van der Waals surface area contributed by atoms with Gasteiger partial charge in [0.25, 0.3) is 0 Å². The first kappa shape index (κ1) is 24.8. The van der Waals surface area contributed by atoms with E-state index >= 15 is 0 Å². The van der Waals surface area contributed by atoms with Crippen LogP contribution in [0, 0.1) is 0 Å². The highest BCUT2D eigenvalue weighted by Crippen LogP contribution is 2.14. The van der Waals surface area contributed by atoms with Crippen molar-refractivity contribution in [2.45, 2.75) is 51.1 Å². The molecule has 0 aliphatic carbocycles. The van der Waals surface area contributed by atoms with E-state index in [0.29, 0.717) is 30.4 Å². The summed E-state index contributed by atoms with van der Waals surface area (Å²) in [5.74, 6) is 0.635. The number of halogens is 1. The van der Waals surface area contributed by atoms with Gasteiger partial charge >= 0.3 is 0 Å². The third kappa shape index (κ3) is 7.67. The lowest BCUT2D eigenvalue weighted by Gasteiger charge is -2.20. The Kier molecular flexibility index (Phi) is 11.0. The third-order valence-electron chi connectivity index (χ3n) is 4.02. The average Bonchev–Trinajstić information content (AvgIpc) is 3.14. The molecule has 0 bridgehead atoms. The summed E-state index contributed by atoms with van der Waals surface area (Å²) in [4.78, 5) is 10.5. The van der Waals surface area contributed by atoms with Crippen molar-refractivity contribution >= 4 is 51.1 Å². The molecule has 0 spiro atoms. The molecule has 1 aromatic carbocycles. The lowest BCUT2D eigenvalue weighted by molar-refractivity contribution is 0.569. The highest BCUT2D eigenvalue weighted by molar-refractivity contribution is 14.0. The Morgan fingerprint density at radius 1 is 1.21 bits per heavy atom. The van der Waals surface area contributed by atoms with Gasteiger partial charge in [-0.3, -0.25) is 0 Å². The van der Waals surface area contributed by atoms with Crippen LogP contribution in [0.5, 0.6) is 0 Å². The fourth-order valence-electron chi connectivity index (χ4n) is 2.50. The molecule has 1 aromatic heterocycles. The second-order valence-electron chi connectivity index (χ2n) is 6.11. The molecule has 1 atom stereocenters. The average molecular weight is 537 g/mol. The monoisotopic (exact) mass is 536 g/mol. The van der Waals surface area contributed by atoms with Crippen molar-refractivity contribution in [3.8, 4) is 0 Å². The number of aromatic nitrogens is 1. The quantitative estimate of drug-likeness (QED) is 0.291. The highest BCUT2D eigenvalue weighted by Gasteiger charge is 2.21. The number of nitrogens with zero attached hydrogens (tertiary/aromatic N) is 2. The number of hydrogen-bond donors (Lipinski definition) is 2. The third-order valence-corrected chi connectivity index (χ3v) is 6.98. The second-order valence-corrected chi connectivity index (χ2v) is 9.35. The molecule has 2 rings (SSSR count). The van der Waals surface area contributed by atoms with Crippen LogP contribution in [0.3, 0.4) is 0 Å². The number of sulfone groups is 1. The van der Waals surface area contributed by atoms with Crippen LogP contribution in [-0.4, -0.2) is 37.7 Å². The Balaban J connectivity index is 0.00000392. The summed E-state index contributed by atoms with van der Waals surface area (Å²) in [6, 6.07) is 8.34. The Labute approximate surface area is 189 Å². The van der Waals surface area contributed by atoms with Crippen LogP contribution in [0.25, 0.3) is 0 Å². The number of thiazole rings is 1. The molecule has 2 N–H and O–H groups in total. The van der Waals surface area contributed by atoms with E-state index in [1.807, 2.05) is 26.1 Å². The van der Waals surface area contributed by atoms with Gasteiger partial charge in [-0.05, 0) is 31.9 Å². The molecule has 1 unspecified atom stereocenters. The number of nitrogens with one attached hydrogen (secondary N) is 2. The van der Waals surface area contributed by atoms with Gasteiger partial charge in [0.1, 0.15) is 5.01 Å². The lowest BCUT2D eigenvalue weighted by Crippen LogP contribution is -2.46. The van der Waals surface area contributed by atoms with E-state index in [1.54, 1.807) is 35.6 Å². The standard InChI is InChI=1S/C19H28N4O2S2.HI/c1-4-15(14-27(24,25)17-10-8-7-9-11-17)23-19(20-6-3)22-13-18-21-12-16(5-2)26-18;/h7-12,15H,4-6,13-14H2,1-3H3,(H2,20,22,23);1H. The van der Waals surface area contributed by atoms with Gasteiger partial charge in [0.05, 0.1) is 17.2 Å². The van der Waals surface area contributed by atoms with Gasteiger partial charge in [-0.1, -0.05) is 32.0 Å². The van der Waals surface area contributed by atoms with Crippen LogP contribution in [0.4, 0.5) is 0 Å². The zero-order valence-corrected chi connectivity index (χ0v) is 20.5. The van der Waals surface area contributed by atoms with Gasteiger partial charge in [-0.2, -0.15) is 0 Å². The number of aryl methyl sites for hydroxylation is 1. The predicted octanol–water partition coefficient (Wildman–Crippen LogP) is 3.63. The van der Waals surface area contributed by atoms with Gasteiger partial charge in [0.15, 0.2) is 15.8 Å². The Hall–Kier alpha value is -1.20. The van der Waals surface area contributed by atoms with Crippen molar-refractivity contribution in [2.24, 2.45) is 4.99 Å². The van der Waals surface area contributed by atoms with Crippen LogP contribution < -0.4 is 10.6 Å². The number of hydrogen-bond acceptors (Lipinski definition) is 5. The molecule has 156 valence electrons. The predicted molar refractivity (Wildman–Crippen MR) is 127 cm³/mol. The largest absolute Gasteiger partial charge is 0.357 e. The van der Waals surface area contributed by atoms with Crippen LogP contribution in [0.1, 0.15) is 37.1 Å². The van der Waals surface area contributed by atoms with Crippen molar-refractivity contribution in [3.63, 3.8) is 0 Å². The van der Waals surface area contributed by atoms with Crippen molar-refractivity contribution in [1.29, 1.82) is 0 Å². The smallest absolute Gasteiger partial charge is 0.191 e. The molecular formula is C19H29IN4O2S2. The summed E-state index contributed by atoms with van der Waals surface area (Å²) in [5, 5.41) is 7.40. The number of aliphatic imine (C=N–C) groups is 1. The molecule has 0 fully saturated rings. The first-order valence-corrected chi connectivity index (χ1v) is 11.7. The number of rotatable bonds is 9. The Morgan fingerprint density at radius 3 is 2.50 bits per heavy atom. The summed E-state index contributed by atoms with van der Waals surface area (Å²) < 4.78 is 25.3. The van der Waals surface area contributed by atoms with Crippen LogP contribution in [-0.2, 0) is 22.8 Å². The number of guanidine groups is 1. The summed E-state index contributed by atoms with van der Waals surface area (Å²) >= 11 is 1.66. The molecule has 0 amide bonds. The van der Waals surface area contributed by atoms with E-state index in [1.165, 1.54) is 4.88 Å². The highest BCUT2D eigenvalue weighted by atomic mass is 127. The van der Waals surface area contributed by atoms with Gasteiger partial charge in [-0.15, -0.1) is 35.3 Å². The lowest BCUT2D eigenvalue weighted by atomic mass is 10.3. The normalized spacial score (nSPS) is 12.9. The molecule has 0 aliphatic heterocycles. The van der Waals surface area contributed by atoms with E-state index < -0.39 is 9.84 Å². The maximum absolute atomic E-state index is 12.6. The Morgan fingerprint density at radius 2 is 1.93 bits per heavy atom. The zero-order chi connectivity index (χ0) is 19.7. The molecule has 0 radical (unpaired) electrons. The molecule has 0 aliphatic rings. The summed E-state index contributed by atoms with van der Waals surface area (Å²) in [7, 11) is -3.35. The minimum Gasteiger partial charge on any atom is -0.357 e. The second kappa shape index (κ2) is 12.4. The minimum atomic E-state index is -3.35. The summed E-state index contributed by atoms with van der Waals surface area (Å²) in [6.07, 6.45) is 3.53. The zero-order valence-electron chi connectivity index (χ0n) is 16.5. The van der Waals surface area contributed by atoms with Crippen molar-refractivity contribution in [3.05, 3.63) is 46.4 Å². The molecule has 9 heteroatoms. The van der Waals surface area contributed by atoms with Crippen LogP contribution in [0.15, 0.2) is 46.4 Å². The Bertz CT molecular complexity index is 839. The van der Waals surface area contributed by atoms with E-state index in [4.69, 9.17) is 0 Å². The SMILES string of the molecule is CCNC(=NCc1ncc(CC)s1)NC(CC)CS(=O)(=O)c1ccccc1.I. The molecule has 0 saturated carbocycles. The summed E-state index contributed by atoms with van der Waals surface area (Å²) in [6.45, 7) is 7.23. The first-order valence-electron chi connectivity index (χ1n) is 9.24. The van der Waals surface area contributed by atoms with Crippen molar-refractivity contribution in [2.75, 3.05) is 12.3 Å². The van der Waals surface area contributed by atoms with Crippen LogP contribution in [0.2, 0.25) is 0 Å². The molecule has 0 saturated heterocycles. The van der Waals surface area contributed by atoms with E-state index in [-0.39, 0.29) is 35.8 Å². The topological polar surface area (TPSA) is 83.4 Å². The van der Waals surface area contributed by atoms with E-state index in [2.05, 4.69) is 27.5 Å². The van der Waals surface area contributed by atoms with E-state index in [0.717, 1.165) is 11.4 Å². The fraction of sp³-hybridized carbons (Fsp3) is 0.474. The van der Waals surface area contributed by atoms with Crippen LogP contribution >= 0.6 is 35.3 Å².